The molecular formula is C53H97NO5. The number of aliphatic hydroxyl groups is 2. The van der Waals surface area contributed by atoms with E-state index in [2.05, 4.69) is 55.6 Å². The zero-order valence-corrected chi connectivity index (χ0v) is 39.0. The number of rotatable bonds is 46. The summed E-state index contributed by atoms with van der Waals surface area (Å²) in [4.78, 5) is 24.4. The van der Waals surface area contributed by atoms with Crippen molar-refractivity contribution in [2.45, 2.75) is 264 Å². The molecule has 0 saturated carbocycles. The van der Waals surface area contributed by atoms with E-state index in [4.69, 9.17) is 4.74 Å². The molecule has 344 valence electrons. The molecule has 0 heterocycles. The number of amides is 1. The highest BCUT2D eigenvalue weighted by Gasteiger charge is 2.18. The standard InChI is InChI=1S/C53H97NO5/c1-3-5-7-9-11-13-15-17-19-23-27-31-35-39-43-47-53(58)59-48-44-40-36-32-28-24-21-18-20-22-26-30-34-38-42-46-52(57)54-50(49-55)51(56)45-41-37-33-29-25-16-14-12-10-8-6-4-2/h17-19,21,24,28,41,45,50-51,55-56H,3-16,20,22-23,25-27,29-40,42-44,46-49H2,1-2H3,(H,54,57)/b19-17-,21-18-,28-24-,45-41+. The molecule has 3 N–H and O–H groups in total. The number of allylic oxidation sites excluding steroid dienone is 7. The summed E-state index contributed by atoms with van der Waals surface area (Å²) in [5.74, 6) is -0.125. The van der Waals surface area contributed by atoms with Gasteiger partial charge in [-0.05, 0) is 89.9 Å². The number of esters is 1. The monoisotopic (exact) mass is 828 g/mol. The van der Waals surface area contributed by atoms with Crippen LogP contribution in [0.15, 0.2) is 48.6 Å². The summed E-state index contributed by atoms with van der Waals surface area (Å²) in [5.41, 5.74) is 0. The minimum Gasteiger partial charge on any atom is -0.466 e. The van der Waals surface area contributed by atoms with Gasteiger partial charge in [0.2, 0.25) is 5.91 Å². The molecule has 0 saturated heterocycles. The predicted molar refractivity (Wildman–Crippen MR) is 255 cm³/mol. The number of hydrogen-bond acceptors (Lipinski definition) is 5. The number of nitrogens with one attached hydrogen (secondary N) is 1. The van der Waals surface area contributed by atoms with Gasteiger partial charge in [-0.2, -0.15) is 0 Å². The van der Waals surface area contributed by atoms with Crippen molar-refractivity contribution < 1.29 is 24.5 Å². The summed E-state index contributed by atoms with van der Waals surface area (Å²) in [5, 5.41) is 23.0. The topological polar surface area (TPSA) is 95.9 Å². The third-order valence-corrected chi connectivity index (χ3v) is 11.3. The fourth-order valence-electron chi connectivity index (χ4n) is 7.38. The van der Waals surface area contributed by atoms with E-state index >= 15 is 0 Å². The van der Waals surface area contributed by atoms with E-state index in [0.29, 0.717) is 19.4 Å². The molecule has 2 unspecified atom stereocenters. The summed E-state index contributed by atoms with van der Waals surface area (Å²) in [6.07, 6.45) is 59.7. The van der Waals surface area contributed by atoms with E-state index in [1.54, 1.807) is 6.08 Å². The molecule has 2 atom stereocenters. The minimum absolute atomic E-state index is 0.0319. The average Bonchev–Trinajstić information content (AvgIpc) is 3.24. The number of hydrogen-bond donors (Lipinski definition) is 3. The Kier molecular flexibility index (Phi) is 46.7. The molecule has 6 heteroatoms. The van der Waals surface area contributed by atoms with E-state index in [9.17, 15) is 19.8 Å². The number of aliphatic hydroxyl groups excluding tert-OH is 2. The van der Waals surface area contributed by atoms with Gasteiger partial charge in [0.1, 0.15) is 0 Å². The summed E-state index contributed by atoms with van der Waals surface area (Å²) in [6, 6.07) is -0.644. The van der Waals surface area contributed by atoms with Crippen molar-refractivity contribution in [2.75, 3.05) is 13.2 Å². The lowest BCUT2D eigenvalue weighted by molar-refractivity contribution is -0.143. The molecule has 0 bridgehead atoms. The normalized spacial score (nSPS) is 13.1. The second-order valence-electron chi connectivity index (χ2n) is 17.2. The highest BCUT2D eigenvalue weighted by molar-refractivity contribution is 5.76. The van der Waals surface area contributed by atoms with Gasteiger partial charge in [0.15, 0.2) is 0 Å². The summed E-state index contributed by atoms with van der Waals surface area (Å²) in [6.45, 7) is 4.81. The van der Waals surface area contributed by atoms with Crippen molar-refractivity contribution in [1.29, 1.82) is 0 Å². The first kappa shape index (κ1) is 56.8. The van der Waals surface area contributed by atoms with Crippen molar-refractivity contribution in [2.24, 2.45) is 0 Å². The molecule has 0 aliphatic carbocycles. The molecular weight excluding hydrogens is 731 g/mol. The van der Waals surface area contributed by atoms with Crippen LogP contribution < -0.4 is 5.32 Å². The predicted octanol–water partition coefficient (Wildman–Crippen LogP) is 15.1. The molecule has 1 amide bonds. The third-order valence-electron chi connectivity index (χ3n) is 11.3. The van der Waals surface area contributed by atoms with Crippen LogP contribution >= 0.6 is 0 Å². The van der Waals surface area contributed by atoms with Crippen molar-refractivity contribution in [1.82, 2.24) is 5.32 Å². The van der Waals surface area contributed by atoms with E-state index in [0.717, 1.165) is 77.0 Å². The molecule has 0 rings (SSSR count). The van der Waals surface area contributed by atoms with Gasteiger partial charge in [-0.15, -0.1) is 0 Å². The van der Waals surface area contributed by atoms with Crippen LogP contribution in [-0.2, 0) is 14.3 Å². The number of carbonyl (C=O) groups is 2. The SMILES string of the molecule is CCCCCCCC/C=C\CCCCCCCC(=O)OCCCCC/C=C\C=C/CCCCCCCCC(=O)NC(CO)C(O)/C=C/CCCCCCCCCCCC. The fourth-order valence-corrected chi connectivity index (χ4v) is 7.38. The smallest absolute Gasteiger partial charge is 0.305 e. The first-order valence-corrected chi connectivity index (χ1v) is 25.4. The highest BCUT2D eigenvalue weighted by Crippen LogP contribution is 2.14. The lowest BCUT2D eigenvalue weighted by atomic mass is 10.1. The number of ether oxygens (including phenoxy) is 1. The summed E-state index contributed by atoms with van der Waals surface area (Å²) >= 11 is 0. The second kappa shape index (κ2) is 48.5. The van der Waals surface area contributed by atoms with Crippen LogP contribution in [0.3, 0.4) is 0 Å². The van der Waals surface area contributed by atoms with Gasteiger partial charge in [0.25, 0.3) is 0 Å². The van der Waals surface area contributed by atoms with Crippen molar-refractivity contribution >= 4 is 11.9 Å². The summed E-state index contributed by atoms with van der Waals surface area (Å²) < 4.78 is 5.43. The first-order chi connectivity index (χ1) is 29.0. The van der Waals surface area contributed by atoms with Crippen LogP contribution in [0.1, 0.15) is 251 Å². The first-order valence-electron chi connectivity index (χ1n) is 25.4. The van der Waals surface area contributed by atoms with Crippen molar-refractivity contribution in [3.05, 3.63) is 48.6 Å². The van der Waals surface area contributed by atoms with Crippen molar-refractivity contribution in [3.63, 3.8) is 0 Å². The van der Waals surface area contributed by atoms with Crippen LogP contribution in [0.4, 0.5) is 0 Å². The zero-order valence-electron chi connectivity index (χ0n) is 39.0. The average molecular weight is 828 g/mol. The third kappa shape index (κ3) is 45.2. The lowest BCUT2D eigenvalue weighted by Gasteiger charge is -2.20. The van der Waals surface area contributed by atoms with E-state index in [1.807, 2.05) is 6.08 Å². The Labute approximate surface area is 366 Å². The Morgan fingerprint density at radius 3 is 1.31 bits per heavy atom. The maximum absolute atomic E-state index is 12.4. The van der Waals surface area contributed by atoms with Gasteiger partial charge >= 0.3 is 5.97 Å². The van der Waals surface area contributed by atoms with Crippen LogP contribution in [0.5, 0.6) is 0 Å². The molecule has 59 heavy (non-hydrogen) atoms. The van der Waals surface area contributed by atoms with Gasteiger partial charge in [0.05, 0.1) is 25.4 Å². The minimum atomic E-state index is -0.858. The van der Waals surface area contributed by atoms with Crippen LogP contribution in [-0.4, -0.2) is 47.4 Å². The summed E-state index contributed by atoms with van der Waals surface area (Å²) in [7, 11) is 0. The zero-order chi connectivity index (χ0) is 43.0. The molecule has 0 aromatic heterocycles. The van der Waals surface area contributed by atoms with Crippen LogP contribution in [0.25, 0.3) is 0 Å². The lowest BCUT2D eigenvalue weighted by Crippen LogP contribution is -2.45. The van der Waals surface area contributed by atoms with Gasteiger partial charge < -0.3 is 20.3 Å². The Bertz CT molecular complexity index is 1000. The molecule has 6 nitrogen and oxygen atoms in total. The number of unbranched alkanes of at least 4 members (excludes halogenated alkanes) is 30. The van der Waals surface area contributed by atoms with Gasteiger partial charge in [0, 0.05) is 12.8 Å². The van der Waals surface area contributed by atoms with E-state index in [1.165, 1.54) is 148 Å². The Hall–Kier alpha value is -2.18. The van der Waals surface area contributed by atoms with Crippen molar-refractivity contribution in [3.8, 4) is 0 Å². The van der Waals surface area contributed by atoms with Crippen LogP contribution in [0, 0.1) is 0 Å². The molecule has 0 aromatic carbocycles. The Morgan fingerprint density at radius 2 is 0.847 bits per heavy atom. The molecule has 0 aliphatic heterocycles. The van der Waals surface area contributed by atoms with E-state index < -0.39 is 12.1 Å². The molecule has 0 aliphatic rings. The van der Waals surface area contributed by atoms with Crippen LogP contribution in [0.2, 0.25) is 0 Å². The molecule has 0 spiro atoms. The maximum Gasteiger partial charge on any atom is 0.305 e. The Balaban J connectivity index is 3.56. The van der Waals surface area contributed by atoms with Gasteiger partial charge in [-0.1, -0.05) is 197 Å². The molecule has 0 fully saturated rings. The quantitative estimate of drug-likeness (QED) is 0.0246. The van der Waals surface area contributed by atoms with Gasteiger partial charge in [-0.3, -0.25) is 9.59 Å². The largest absolute Gasteiger partial charge is 0.466 e. The second-order valence-corrected chi connectivity index (χ2v) is 17.2. The van der Waals surface area contributed by atoms with E-state index in [-0.39, 0.29) is 18.5 Å². The highest BCUT2D eigenvalue weighted by atomic mass is 16.5. The van der Waals surface area contributed by atoms with Gasteiger partial charge in [-0.25, -0.2) is 0 Å². The fraction of sp³-hybridized carbons (Fsp3) is 0.811. The molecule has 0 aromatic rings. The molecule has 0 radical (unpaired) electrons. The Morgan fingerprint density at radius 1 is 0.475 bits per heavy atom. The maximum atomic E-state index is 12.4. The number of carbonyl (C=O) groups excluding carboxylic acids is 2.